The summed E-state index contributed by atoms with van der Waals surface area (Å²) in [6, 6.07) is 6.77. The van der Waals surface area contributed by atoms with Gasteiger partial charge in [-0.05, 0) is 25.0 Å². The van der Waals surface area contributed by atoms with Gasteiger partial charge in [-0.1, -0.05) is 25.1 Å². The van der Waals surface area contributed by atoms with Gasteiger partial charge in [0.1, 0.15) is 6.54 Å². The lowest BCUT2D eigenvalue weighted by atomic mass is 9.98. The van der Waals surface area contributed by atoms with Crippen LogP contribution in [0.5, 0.6) is 0 Å². The van der Waals surface area contributed by atoms with Gasteiger partial charge in [-0.25, -0.2) is 0 Å². The molecule has 1 aromatic carbocycles. The second-order valence-corrected chi connectivity index (χ2v) is 5.54. The second-order valence-electron chi connectivity index (χ2n) is 5.54. The maximum Gasteiger partial charge on any atom is 0.326 e. The summed E-state index contributed by atoms with van der Waals surface area (Å²) in [5.74, 6) is -2.19. The molecule has 1 heterocycles. The average molecular weight is 332 g/mol. The Hall–Kier alpha value is -2.70. The largest absolute Gasteiger partial charge is 0.451 e. The molecule has 0 saturated carbocycles. The van der Waals surface area contributed by atoms with Gasteiger partial charge in [0.25, 0.3) is 11.8 Å². The van der Waals surface area contributed by atoms with Gasteiger partial charge >= 0.3 is 5.97 Å². The molecule has 2 rings (SSSR count). The second kappa shape index (κ2) is 7.72. The Kier molecular flexibility index (Phi) is 5.68. The first-order valence-electron chi connectivity index (χ1n) is 7.83. The third-order valence-electron chi connectivity index (χ3n) is 3.65. The van der Waals surface area contributed by atoms with E-state index in [0.29, 0.717) is 17.7 Å². The number of esters is 1. The van der Waals surface area contributed by atoms with Crippen LogP contribution in [0.2, 0.25) is 0 Å². The van der Waals surface area contributed by atoms with Crippen molar-refractivity contribution in [3.63, 3.8) is 0 Å². The van der Waals surface area contributed by atoms with E-state index in [1.54, 1.807) is 24.3 Å². The summed E-state index contributed by atoms with van der Waals surface area (Å²) >= 11 is 0. The van der Waals surface area contributed by atoms with Gasteiger partial charge < -0.3 is 10.1 Å². The summed E-state index contributed by atoms with van der Waals surface area (Å²) in [5, 5.41) is 2.61. The molecule has 0 fully saturated rings. The molecular formula is C17H20N2O5. The highest BCUT2D eigenvalue weighted by atomic mass is 16.5. The fourth-order valence-electron chi connectivity index (χ4n) is 2.37. The minimum Gasteiger partial charge on any atom is -0.451 e. The SMILES string of the molecule is CCCNC(=O)[C@@H](C)OC(=O)CN1C(=O)Cc2ccccc2C1=O. The molecule has 3 amide bonds. The monoisotopic (exact) mass is 332 g/mol. The summed E-state index contributed by atoms with van der Waals surface area (Å²) in [4.78, 5) is 48.9. The minimum atomic E-state index is -0.980. The first-order valence-corrected chi connectivity index (χ1v) is 7.83. The van der Waals surface area contributed by atoms with Gasteiger partial charge in [0.15, 0.2) is 6.10 Å². The van der Waals surface area contributed by atoms with Crippen molar-refractivity contribution in [1.29, 1.82) is 0 Å². The number of hydrogen-bond donors (Lipinski definition) is 1. The number of carbonyl (C=O) groups excluding carboxylic acids is 4. The van der Waals surface area contributed by atoms with E-state index in [1.165, 1.54) is 6.92 Å². The summed E-state index contributed by atoms with van der Waals surface area (Å²) in [6.45, 7) is 3.33. The molecule has 0 aromatic heterocycles. The standard InChI is InChI=1S/C17H20N2O5/c1-3-8-18-16(22)11(2)24-15(21)10-19-14(20)9-12-6-4-5-7-13(12)17(19)23/h4-7,11H,3,8-10H2,1-2H3,(H,18,22)/t11-/m1/s1. The number of nitrogens with zero attached hydrogens (tertiary/aromatic N) is 1. The van der Waals surface area contributed by atoms with Crippen LogP contribution in [0.3, 0.4) is 0 Å². The first-order chi connectivity index (χ1) is 11.4. The van der Waals surface area contributed by atoms with Crippen molar-refractivity contribution in [2.75, 3.05) is 13.1 Å². The van der Waals surface area contributed by atoms with Crippen LogP contribution < -0.4 is 5.32 Å². The van der Waals surface area contributed by atoms with Crippen molar-refractivity contribution in [3.05, 3.63) is 35.4 Å². The molecule has 0 unspecified atom stereocenters. The van der Waals surface area contributed by atoms with Crippen molar-refractivity contribution >= 4 is 23.7 Å². The zero-order valence-corrected chi connectivity index (χ0v) is 13.7. The lowest BCUT2D eigenvalue weighted by Crippen LogP contribution is -2.46. The highest BCUT2D eigenvalue weighted by molar-refractivity contribution is 6.11. The molecule has 7 heteroatoms. The van der Waals surface area contributed by atoms with E-state index in [4.69, 9.17) is 4.74 Å². The summed E-state index contributed by atoms with van der Waals surface area (Å²) in [6.07, 6.45) is -0.157. The zero-order chi connectivity index (χ0) is 17.7. The number of rotatable bonds is 6. The number of ether oxygens (including phenoxy) is 1. The quantitative estimate of drug-likeness (QED) is 0.610. The van der Waals surface area contributed by atoms with Crippen LogP contribution >= 0.6 is 0 Å². The van der Waals surface area contributed by atoms with Gasteiger partial charge in [0.2, 0.25) is 5.91 Å². The number of nitrogens with one attached hydrogen (secondary N) is 1. The summed E-state index contributed by atoms with van der Waals surface area (Å²) in [5.41, 5.74) is 1.04. The number of carbonyl (C=O) groups is 4. The third kappa shape index (κ3) is 3.98. The van der Waals surface area contributed by atoms with Crippen molar-refractivity contribution < 1.29 is 23.9 Å². The molecule has 0 bridgehead atoms. The van der Waals surface area contributed by atoms with Crippen LogP contribution in [0.15, 0.2) is 24.3 Å². The molecule has 128 valence electrons. The van der Waals surface area contributed by atoms with E-state index in [-0.39, 0.29) is 6.42 Å². The average Bonchev–Trinajstić information content (AvgIpc) is 2.56. The van der Waals surface area contributed by atoms with E-state index in [1.807, 2.05) is 6.92 Å². The number of imide groups is 1. The minimum absolute atomic E-state index is 0.0573. The highest BCUT2D eigenvalue weighted by Gasteiger charge is 2.33. The highest BCUT2D eigenvalue weighted by Crippen LogP contribution is 2.19. The Morgan fingerprint density at radius 3 is 2.71 bits per heavy atom. The molecule has 1 aliphatic rings. The van der Waals surface area contributed by atoms with Crippen molar-refractivity contribution in [2.24, 2.45) is 0 Å². The van der Waals surface area contributed by atoms with Crippen LogP contribution in [0, 0.1) is 0 Å². The fraction of sp³-hybridized carbons (Fsp3) is 0.412. The molecule has 1 N–H and O–H groups in total. The predicted molar refractivity (Wildman–Crippen MR) is 85.0 cm³/mol. The zero-order valence-electron chi connectivity index (χ0n) is 13.7. The van der Waals surface area contributed by atoms with E-state index < -0.39 is 36.3 Å². The van der Waals surface area contributed by atoms with E-state index in [0.717, 1.165) is 11.3 Å². The maximum absolute atomic E-state index is 12.3. The third-order valence-corrected chi connectivity index (χ3v) is 3.65. The summed E-state index contributed by atoms with van der Waals surface area (Å²) in [7, 11) is 0. The Balaban J connectivity index is 1.98. The Morgan fingerprint density at radius 1 is 1.29 bits per heavy atom. The molecule has 1 atom stereocenters. The normalized spacial score (nSPS) is 14.8. The first kappa shape index (κ1) is 17.7. The van der Waals surface area contributed by atoms with Crippen molar-refractivity contribution in [3.8, 4) is 0 Å². The predicted octanol–water partition coefficient (Wildman–Crippen LogP) is 0.669. The van der Waals surface area contributed by atoms with Gasteiger partial charge in [-0.15, -0.1) is 0 Å². The topological polar surface area (TPSA) is 92.8 Å². The lowest BCUT2D eigenvalue weighted by molar-refractivity contribution is -0.156. The Labute approximate surface area is 140 Å². The molecule has 1 aromatic rings. The fourth-order valence-corrected chi connectivity index (χ4v) is 2.37. The molecular weight excluding hydrogens is 312 g/mol. The molecule has 0 saturated heterocycles. The van der Waals surface area contributed by atoms with Crippen LogP contribution in [-0.2, 0) is 25.5 Å². The Morgan fingerprint density at radius 2 is 2.00 bits per heavy atom. The van der Waals surface area contributed by atoms with Gasteiger partial charge in [0.05, 0.1) is 6.42 Å². The molecule has 7 nitrogen and oxygen atoms in total. The van der Waals surface area contributed by atoms with Gasteiger partial charge in [-0.2, -0.15) is 0 Å². The van der Waals surface area contributed by atoms with Crippen LogP contribution in [0.25, 0.3) is 0 Å². The lowest BCUT2D eigenvalue weighted by Gasteiger charge is -2.26. The van der Waals surface area contributed by atoms with E-state index in [9.17, 15) is 19.2 Å². The number of hydrogen-bond acceptors (Lipinski definition) is 5. The molecule has 24 heavy (non-hydrogen) atoms. The van der Waals surface area contributed by atoms with Crippen LogP contribution in [0.1, 0.15) is 36.2 Å². The van der Waals surface area contributed by atoms with E-state index in [2.05, 4.69) is 5.32 Å². The van der Waals surface area contributed by atoms with Gasteiger partial charge in [-0.3, -0.25) is 24.1 Å². The number of amides is 3. The molecule has 0 radical (unpaired) electrons. The van der Waals surface area contributed by atoms with Gasteiger partial charge in [0, 0.05) is 12.1 Å². The molecule has 0 aliphatic carbocycles. The number of fused-ring (bicyclic) bond motifs is 1. The van der Waals surface area contributed by atoms with Crippen LogP contribution in [-0.4, -0.2) is 47.8 Å². The molecule has 0 spiro atoms. The van der Waals surface area contributed by atoms with Crippen LogP contribution in [0.4, 0.5) is 0 Å². The van der Waals surface area contributed by atoms with Crippen molar-refractivity contribution in [1.82, 2.24) is 10.2 Å². The maximum atomic E-state index is 12.3. The van der Waals surface area contributed by atoms with E-state index >= 15 is 0 Å². The summed E-state index contributed by atoms with van der Waals surface area (Å²) < 4.78 is 5.00. The Bertz CT molecular complexity index is 671. The number of benzene rings is 1. The van der Waals surface area contributed by atoms with Crippen molar-refractivity contribution in [2.45, 2.75) is 32.8 Å². The smallest absolute Gasteiger partial charge is 0.326 e. The molecule has 1 aliphatic heterocycles.